The van der Waals surface area contributed by atoms with Gasteiger partial charge in [-0.2, -0.15) is 3.71 Å². The van der Waals surface area contributed by atoms with E-state index in [0.29, 0.717) is 6.54 Å². The lowest BCUT2D eigenvalue weighted by Gasteiger charge is -2.07. The van der Waals surface area contributed by atoms with Crippen molar-refractivity contribution in [3.05, 3.63) is 24.3 Å². The van der Waals surface area contributed by atoms with Gasteiger partial charge in [-0.1, -0.05) is 12.1 Å². The van der Waals surface area contributed by atoms with Crippen LogP contribution in [0.2, 0.25) is 0 Å². The van der Waals surface area contributed by atoms with E-state index in [1.807, 2.05) is 12.1 Å². The van der Waals surface area contributed by atoms with Crippen molar-refractivity contribution in [1.29, 1.82) is 0 Å². The minimum atomic E-state index is 0.216. The van der Waals surface area contributed by atoms with Gasteiger partial charge in [0.05, 0.1) is 6.61 Å². The summed E-state index contributed by atoms with van der Waals surface area (Å²) in [6.07, 6.45) is 0. The Labute approximate surface area is 80.2 Å². The predicted octanol–water partition coefficient (Wildman–Crippen LogP) is 2.01. The molecule has 0 aliphatic carbocycles. The van der Waals surface area contributed by atoms with Gasteiger partial charge in [-0.3, -0.25) is 0 Å². The fraction of sp³-hybridized carbons (Fsp3) is 0.250. The number of hydrogen-bond acceptors (Lipinski definition) is 4. The first-order valence-electron chi connectivity index (χ1n) is 3.73. The molecule has 0 unspecified atom stereocenters. The molecule has 4 heteroatoms. The van der Waals surface area contributed by atoms with Crippen molar-refractivity contribution < 1.29 is 5.11 Å². The zero-order chi connectivity index (χ0) is 8.39. The van der Waals surface area contributed by atoms with E-state index in [1.165, 1.54) is 9.79 Å². The molecule has 64 valence electrons. The summed E-state index contributed by atoms with van der Waals surface area (Å²) < 4.78 is 2.09. The van der Waals surface area contributed by atoms with Crippen LogP contribution in [-0.4, -0.2) is 22.0 Å². The average molecular weight is 199 g/mol. The number of fused-ring (bicyclic) bond motifs is 1. The number of nitrogens with zero attached hydrogens (tertiary/aromatic N) is 1. The maximum Gasteiger partial charge on any atom is 0.0577 e. The van der Waals surface area contributed by atoms with Gasteiger partial charge in [0.25, 0.3) is 0 Å². The van der Waals surface area contributed by atoms with Crippen LogP contribution in [0.5, 0.6) is 0 Å². The molecule has 1 aromatic carbocycles. The van der Waals surface area contributed by atoms with Gasteiger partial charge in [0, 0.05) is 16.3 Å². The molecule has 0 aromatic heterocycles. The summed E-state index contributed by atoms with van der Waals surface area (Å²) >= 11 is 3.39. The van der Waals surface area contributed by atoms with Crippen LogP contribution in [-0.2, 0) is 0 Å². The van der Waals surface area contributed by atoms with Gasteiger partial charge in [0.1, 0.15) is 0 Å². The van der Waals surface area contributed by atoms with E-state index >= 15 is 0 Å². The summed E-state index contributed by atoms with van der Waals surface area (Å²) in [5.74, 6) is 0. The molecule has 1 aliphatic heterocycles. The maximum atomic E-state index is 8.74. The van der Waals surface area contributed by atoms with E-state index in [2.05, 4.69) is 15.8 Å². The Morgan fingerprint density at radius 2 is 1.75 bits per heavy atom. The van der Waals surface area contributed by atoms with E-state index in [-0.39, 0.29) is 6.61 Å². The van der Waals surface area contributed by atoms with Gasteiger partial charge in [0.15, 0.2) is 0 Å². The molecule has 0 spiro atoms. The van der Waals surface area contributed by atoms with Gasteiger partial charge in [-0.15, -0.1) is 0 Å². The van der Waals surface area contributed by atoms with Crippen molar-refractivity contribution >= 4 is 23.9 Å². The van der Waals surface area contributed by atoms with Gasteiger partial charge in [0.2, 0.25) is 0 Å². The highest BCUT2D eigenvalue weighted by Crippen LogP contribution is 2.45. The van der Waals surface area contributed by atoms with E-state index in [0.717, 1.165) is 0 Å². The lowest BCUT2D eigenvalue weighted by molar-refractivity contribution is 0.289. The van der Waals surface area contributed by atoms with Crippen LogP contribution in [0.3, 0.4) is 0 Å². The van der Waals surface area contributed by atoms with E-state index in [4.69, 9.17) is 5.11 Å². The van der Waals surface area contributed by atoms with Crippen LogP contribution < -0.4 is 0 Å². The van der Waals surface area contributed by atoms with Crippen LogP contribution in [0.1, 0.15) is 0 Å². The molecule has 1 heterocycles. The third-order valence-corrected chi connectivity index (χ3v) is 3.99. The van der Waals surface area contributed by atoms with Crippen molar-refractivity contribution in [2.24, 2.45) is 0 Å². The highest BCUT2D eigenvalue weighted by Gasteiger charge is 2.19. The van der Waals surface area contributed by atoms with Gasteiger partial charge in [-0.05, 0) is 36.0 Å². The first kappa shape index (κ1) is 8.44. The third kappa shape index (κ3) is 1.61. The largest absolute Gasteiger partial charge is 0.395 e. The fourth-order valence-corrected chi connectivity index (χ4v) is 3.25. The molecule has 1 N–H and O–H groups in total. The number of benzene rings is 1. The molecule has 1 aromatic rings. The predicted molar refractivity (Wildman–Crippen MR) is 51.9 cm³/mol. The van der Waals surface area contributed by atoms with Crippen LogP contribution in [0.25, 0.3) is 0 Å². The Morgan fingerprint density at radius 1 is 1.17 bits per heavy atom. The summed E-state index contributed by atoms with van der Waals surface area (Å²) in [7, 11) is 0. The minimum Gasteiger partial charge on any atom is -0.395 e. The second-order valence-corrected chi connectivity index (χ2v) is 4.77. The zero-order valence-electron chi connectivity index (χ0n) is 6.43. The second-order valence-electron chi connectivity index (χ2n) is 2.41. The van der Waals surface area contributed by atoms with Gasteiger partial charge in [-0.25, -0.2) is 0 Å². The fourth-order valence-electron chi connectivity index (χ4n) is 1.01. The van der Waals surface area contributed by atoms with Crippen molar-refractivity contribution in [3.8, 4) is 0 Å². The number of aliphatic hydroxyl groups is 1. The Bertz CT molecular complexity index is 255. The van der Waals surface area contributed by atoms with Crippen molar-refractivity contribution in [2.45, 2.75) is 9.79 Å². The quantitative estimate of drug-likeness (QED) is 0.736. The van der Waals surface area contributed by atoms with Crippen molar-refractivity contribution in [3.63, 3.8) is 0 Å². The third-order valence-electron chi connectivity index (χ3n) is 1.53. The molecule has 0 amide bonds. The molecular weight excluding hydrogens is 190 g/mol. The van der Waals surface area contributed by atoms with Crippen molar-refractivity contribution in [1.82, 2.24) is 3.71 Å². The zero-order valence-corrected chi connectivity index (χ0v) is 8.07. The molecule has 0 radical (unpaired) electrons. The molecule has 12 heavy (non-hydrogen) atoms. The molecule has 0 saturated heterocycles. The van der Waals surface area contributed by atoms with Crippen LogP contribution in [0.4, 0.5) is 0 Å². The highest BCUT2D eigenvalue weighted by molar-refractivity contribution is 8.14. The summed E-state index contributed by atoms with van der Waals surface area (Å²) in [5.41, 5.74) is 0. The smallest absolute Gasteiger partial charge is 0.0577 e. The summed E-state index contributed by atoms with van der Waals surface area (Å²) in [6, 6.07) is 8.28. The molecule has 0 saturated carbocycles. The Hall–Kier alpha value is -0.160. The summed E-state index contributed by atoms with van der Waals surface area (Å²) in [5, 5.41) is 8.74. The van der Waals surface area contributed by atoms with Crippen LogP contribution in [0, 0.1) is 0 Å². The average Bonchev–Trinajstić information content (AvgIpc) is 2.47. The standard InChI is InChI=1S/C8H9NOS2/c10-6-5-9-11-7-3-1-2-4-8(7)12-9/h1-4,10H,5-6H2. The topological polar surface area (TPSA) is 23.5 Å². The normalized spacial score (nSPS) is 16.4. The van der Waals surface area contributed by atoms with Crippen LogP contribution >= 0.6 is 23.9 Å². The van der Waals surface area contributed by atoms with Crippen LogP contribution in [0.15, 0.2) is 34.1 Å². The Kier molecular flexibility index (Phi) is 2.60. The van der Waals surface area contributed by atoms with E-state index in [9.17, 15) is 0 Å². The highest BCUT2D eigenvalue weighted by atomic mass is 32.2. The molecule has 1 aliphatic rings. The number of β-amino-alcohol motifs (C(OH)–C–C–N with tert-alkyl or cyclic N) is 1. The summed E-state index contributed by atoms with van der Waals surface area (Å²) in [6.45, 7) is 0.929. The lowest BCUT2D eigenvalue weighted by Crippen LogP contribution is -2.07. The van der Waals surface area contributed by atoms with Crippen molar-refractivity contribution in [2.75, 3.05) is 13.2 Å². The molecule has 2 rings (SSSR count). The SMILES string of the molecule is OCCN1Sc2ccccc2S1. The number of aliphatic hydroxyl groups excluding tert-OH is 1. The monoisotopic (exact) mass is 199 g/mol. The van der Waals surface area contributed by atoms with E-state index < -0.39 is 0 Å². The Balaban J connectivity index is 2.11. The van der Waals surface area contributed by atoms with Gasteiger partial charge >= 0.3 is 0 Å². The molecule has 2 nitrogen and oxygen atoms in total. The van der Waals surface area contributed by atoms with Gasteiger partial charge < -0.3 is 5.11 Å². The lowest BCUT2D eigenvalue weighted by atomic mass is 10.4. The first-order chi connectivity index (χ1) is 5.90. The Morgan fingerprint density at radius 3 is 2.25 bits per heavy atom. The molecule has 0 fully saturated rings. The number of hydrogen-bond donors (Lipinski definition) is 1. The van der Waals surface area contributed by atoms with E-state index in [1.54, 1.807) is 23.9 Å². The first-order valence-corrected chi connectivity index (χ1v) is 5.28. The molecule has 0 bridgehead atoms. The molecular formula is C8H9NOS2. The summed E-state index contributed by atoms with van der Waals surface area (Å²) in [4.78, 5) is 2.58. The second kappa shape index (κ2) is 3.70. The maximum absolute atomic E-state index is 8.74. The number of rotatable bonds is 2. The minimum absolute atomic E-state index is 0.216. The molecule has 0 atom stereocenters.